The van der Waals surface area contributed by atoms with Crippen LogP contribution in [0.1, 0.15) is 16.1 Å². The van der Waals surface area contributed by atoms with E-state index < -0.39 is 0 Å². The molecule has 0 atom stereocenters. The van der Waals surface area contributed by atoms with Gasteiger partial charge in [0.15, 0.2) is 0 Å². The number of hydrogen-bond acceptors (Lipinski definition) is 3. The normalized spacial score (nSPS) is 11.7. The summed E-state index contributed by atoms with van der Waals surface area (Å²) in [6, 6.07) is 18.6. The van der Waals surface area contributed by atoms with Crippen molar-refractivity contribution >= 4 is 45.7 Å². The highest BCUT2D eigenvalue weighted by molar-refractivity contribution is 9.12. The molecule has 0 saturated heterocycles. The van der Waals surface area contributed by atoms with E-state index >= 15 is 0 Å². The molecular weight excluding hydrogens is 416 g/mol. The third-order valence-corrected chi connectivity index (χ3v) is 4.11. The first-order valence-corrected chi connectivity index (χ1v) is 8.86. The molecule has 0 radical (unpaired) electrons. The molecule has 3 rings (SSSR count). The van der Waals surface area contributed by atoms with Crippen LogP contribution in [0, 0.1) is 0 Å². The van der Waals surface area contributed by atoms with Crippen LogP contribution in [0.3, 0.4) is 0 Å². The van der Waals surface area contributed by atoms with E-state index in [1.807, 2.05) is 48.5 Å². The molecule has 2 N–H and O–H groups in total. The predicted molar refractivity (Wildman–Crippen MR) is 108 cm³/mol. The Kier molecular flexibility index (Phi) is 5.99. The molecule has 0 unspecified atom stereocenters. The van der Waals surface area contributed by atoms with Crippen LogP contribution < -0.4 is 5.43 Å². The molecule has 1 heterocycles. The lowest BCUT2D eigenvalue weighted by Gasteiger charge is -1.96. The highest BCUT2D eigenvalue weighted by atomic mass is 79.9. The van der Waals surface area contributed by atoms with Gasteiger partial charge in [0.25, 0.3) is 5.91 Å². The topological polar surface area (TPSA) is 70.1 Å². The minimum absolute atomic E-state index is 0.315. The summed E-state index contributed by atoms with van der Waals surface area (Å²) in [7, 11) is 0. The molecule has 3 aromatic rings. The second-order valence-corrected chi connectivity index (χ2v) is 6.66. The number of carbonyl (C=O) groups excluding carboxylic acids is 1. The molecular formula is C19H14BrClN4O. The van der Waals surface area contributed by atoms with Gasteiger partial charge in [-0.25, -0.2) is 5.43 Å². The number of carbonyl (C=O) groups is 1. The molecule has 26 heavy (non-hydrogen) atoms. The molecule has 1 aromatic heterocycles. The summed E-state index contributed by atoms with van der Waals surface area (Å²) in [4.78, 5) is 12.1. The minimum Gasteiger partial charge on any atom is -0.272 e. The molecule has 2 aromatic carbocycles. The molecule has 0 bridgehead atoms. The number of hydrogen-bond donors (Lipinski definition) is 2. The fraction of sp³-hybridized carbons (Fsp3) is 0. The second kappa shape index (κ2) is 8.60. The van der Waals surface area contributed by atoms with Crippen LogP contribution in [0.25, 0.3) is 17.3 Å². The SMILES string of the molecule is O=C(NN=CC(Br)=Cc1ccccc1)c1cc(-c2ccc(Cl)cc2)n[nH]1. The summed E-state index contributed by atoms with van der Waals surface area (Å²) in [5.74, 6) is -0.381. The molecule has 0 aliphatic carbocycles. The quantitative estimate of drug-likeness (QED) is 0.448. The van der Waals surface area contributed by atoms with Crippen LogP contribution >= 0.6 is 27.5 Å². The highest BCUT2D eigenvalue weighted by Gasteiger charge is 2.10. The molecule has 0 spiro atoms. The number of aromatic nitrogens is 2. The van der Waals surface area contributed by atoms with Gasteiger partial charge in [-0.1, -0.05) is 54.1 Å². The van der Waals surface area contributed by atoms with E-state index in [-0.39, 0.29) is 5.91 Å². The van der Waals surface area contributed by atoms with E-state index in [1.54, 1.807) is 18.2 Å². The van der Waals surface area contributed by atoms with Gasteiger partial charge in [-0.3, -0.25) is 9.89 Å². The van der Waals surface area contributed by atoms with Crippen LogP contribution in [0.2, 0.25) is 5.02 Å². The summed E-state index contributed by atoms with van der Waals surface area (Å²) in [6.07, 6.45) is 3.41. The van der Waals surface area contributed by atoms with Gasteiger partial charge >= 0.3 is 0 Å². The average molecular weight is 430 g/mol. The number of nitrogens with zero attached hydrogens (tertiary/aromatic N) is 2. The lowest BCUT2D eigenvalue weighted by molar-refractivity contribution is 0.0950. The second-order valence-electron chi connectivity index (χ2n) is 5.31. The van der Waals surface area contributed by atoms with E-state index in [2.05, 4.69) is 36.7 Å². The van der Waals surface area contributed by atoms with Crippen LogP contribution in [-0.4, -0.2) is 22.3 Å². The molecule has 7 heteroatoms. The van der Waals surface area contributed by atoms with Crippen LogP contribution in [0.5, 0.6) is 0 Å². The molecule has 5 nitrogen and oxygen atoms in total. The first-order chi connectivity index (χ1) is 12.6. The Bertz CT molecular complexity index is 949. The Balaban J connectivity index is 1.62. The number of hydrazone groups is 1. The zero-order valence-corrected chi connectivity index (χ0v) is 15.8. The van der Waals surface area contributed by atoms with Crippen LogP contribution in [0.15, 0.2) is 70.2 Å². The van der Waals surface area contributed by atoms with E-state index in [9.17, 15) is 4.79 Å². The van der Waals surface area contributed by atoms with Gasteiger partial charge in [-0.15, -0.1) is 0 Å². The van der Waals surface area contributed by atoms with Crippen molar-refractivity contribution in [3.63, 3.8) is 0 Å². The first-order valence-electron chi connectivity index (χ1n) is 7.69. The maximum Gasteiger partial charge on any atom is 0.289 e. The Hall–Kier alpha value is -2.70. The van der Waals surface area contributed by atoms with Crippen molar-refractivity contribution in [2.24, 2.45) is 5.10 Å². The number of nitrogens with one attached hydrogen (secondary N) is 2. The zero-order chi connectivity index (χ0) is 18.4. The standard InChI is InChI=1S/C19H14BrClN4O/c20-15(10-13-4-2-1-3-5-13)12-22-25-19(26)18-11-17(23-24-18)14-6-8-16(21)9-7-14/h1-12H,(H,23,24)(H,25,26). The Morgan fingerprint density at radius 1 is 1.15 bits per heavy atom. The van der Waals surface area contributed by atoms with Gasteiger partial charge in [0.2, 0.25) is 0 Å². The van der Waals surface area contributed by atoms with Crippen molar-refractivity contribution < 1.29 is 4.79 Å². The lowest BCUT2D eigenvalue weighted by Crippen LogP contribution is -2.17. The van der Waals surface area contributed by atoms with Gasteiger partial charge in [0.05, 0.1) is 11.9 Å². The summed E-state index contributed by atoms with van der Waals surface area (Å²) >= 11 is 9.26. The third kappa shape index (κ3) is 4.91. The number of H-pyrrole nitrogens is 1. The fourth-order valence-corrected chi connectivity index (χ4v) is 2.66. The summed E-state index contributed by atoms with van der Waals surface area (Å²) in [5, 5.41) is 11.4. The summed E-state index contributed by atoms with van der Waals surface area (Å²) < 4.78 is 0.732. The van der Waals surface area contributed by atoms with E-state index in [0.717, 1.165) is 15.6 Å². The Morgan fingerprint density at radius 3 is 2.62 bits per heavy atom. The number of allylic oxidation sites excluding steroid dienone is 1. The lowest BCUT2D eigenvalue weighted by atomic mass is 10.1. The molecule has 0 saturated carbocycles. The maximum absolute atomic E-state index is 12.1. The van der Waals surface area contributed by atoms with Gasteiger partial charge in [0.1, 0.15) is 5.69 Å². The van der Waals surface area contributed by atoms with Crippen molar-refractivity contribution in [1.29, 1.82) is 0 Å². The minimum atomic E-state index is -0.381. The number of benzene rings is 2. The fourth-order valence-electron chi connectivity index (χ4n) is 2.17. The van der Waals surface area contributed by atoms with Gasteiger partial charge < -0.3 is 0 Å². The average Bonchev–Trinajstić information content (AvgIpc) is 3.13. The van der Waals surface area contributed by atoms with Crippen molar-refractivity contribution in [2.45, 2.75) is 0 Å². The van der Waals surface area contributed by atoms with Gasteiger partial charge in [-0.2, -0.15) is 10.2 Å². The molecule has 0 fully saturated rings. The van der Waals surface area contributed by atoms with Crippen molar-refractivity contribution in [2.75, 3.05) is 0 Å². The summed E-state index contributed by atoms with van der Waals surface area (Å²) in [5.41, 5.74) is 5.31. The smallest absolute Gasteiger partial charge is 0.272 e. The van der Waals surface area contributed by atoms with Crippen LogP contribution in [0.4, 0.5) is 0 Å². The number of aromatic amines is 1. The van der Waals surface area contributed by atoms with Gasteiger partial charge in [-0.05, 0) is 45.8 Å². The predicted octanol–water partition coefficient (Wildman–Crippen LogP) is 4.88. The van der Waals surface area contributed by atoms with E-state index in [1.165, 1.54) is 6.21 Å². The molecule has 1 amide bonds. The summed E-state index contributed by atoms with van der Waals surface area (Å²) in [6.45, 7) is 0. The Morgan fingerprint density at radius 2 is 1.88 bits per heavy atom. The molecule has 0 aliphatic rings. The molecule has 130 valence electrons. The maximum atomic E-state index is 12.1. The highest BCUT2D eigenvalue weighted by Crippen LogP contribution is 2.20. The zero-order valence-electron chi connectivity index (χ0n) is 13.5. The number of amides is 1. The first kappa shape index (κ1) is 18.1. The van der Waals surface area contributed by atoms with Gasteiger partial charge in [0, 0.05) is 15.1 Å². The van der Waals surface area contributed by atoms with Crippen LogP contribution in [-0.2, 0) is 0 Å². The number of rotatable bonds is 5. The van der Waals surface area contributed by atoms with Crippen molar-refractivity contribution in [3.05, 3.63) is 81.4 Å². The van der Waals surface area contributed by atoms with E-state index in [0.29, 0.717) is 16.4 Å². The monoisotopic (exact) mass is 428 g/mol. The molecule has 0 aliphatic heterocycles. The van der Waals surface area contributed by atoms with E-state index in [4.69, 9.17) is 11.6 Å². The van der Waals surface area contributed by atoms with Crippen molar-refractivity contribution in [3.8, 4) is 11.3 Å². The van der Waals surface area contributed by atoms with Crippen molar-refractivity contribution in [1.82, 2.24) is 15.6 Å². The Labute approximate surface area is 163 Å². The largest absolute Gasteiger partial charge is 0.289 e. The number of halogens is 2. The third-order valence-electron chi connectivity index (χ3n) is 3.42.